The first-order valence-electron chi connectivity index (χ1n) is 7.27. The van der Waals surface area contributed by atoms with Crippen molar-refractivity contribution in [3.63, 3.8) is 0 Å². The van der Waals surface area contributed by atoms with E-state index in [4.69, 9.17) is 4.74 Å². The standard InChI is InChI=1S/C15H19NO4S/c1-3-10-6-11-12(17)8-20-15(13(11)21-10)4-5-16(14(18)19)9(2)7-15/h6,9H,3-5,7-8H2,1-2H3,(H,18,19)/t9-,15+/m0/s1. The molecule has 1 spiro atoms. The molecule has 3 rings (SSSR count). The molecule has 3 heterocycles. The molecule has 1 amide bonds. The molecule has 1 N–H and O–H groups in total. The lowest BCUT2D eigenvalue weighted by molar-refractivity contribution is -0.0932. The molecular weight excluding hydrogens is 290 g/mol. The van der Waals surface area contributed by atoms with Crippen molar-refractivity contribution in [2.45, 2.75) is 44.8 Å². The summed E-state index contributed by atoms with van der Waals surface area (Å²) in [6.45, 7) is 4.53. The van der Waals surface area contributed by atoms with E-state index in [1.807, 2.05) is 13.0 Å². The summed E-state index contributed by atoms with van der Waals surface area (Å²) in [5.74, 6) is 0.0416. The molecule has 114 valence electrons. The third-order valence-corrected chi connectivity index (χ3v) is 5.95. The zero-order valence-corrected chi connectivity index (χ0v) is 13.0. The second kappa shape index (κ2) is 5.10. The number of carbonyl (C=O) groups is 2. The average Bonchev–Trinajstić information content (AvgIpc) is 2.89. The number of piperidine rings is 1. The molecule has 1 aromatic rings. The summed E-state index contributed by atoms with van der Waals surface area (Å²) < 4.78 is 5.94. The molecule has 21 heavy (non-hydrogen) atoms. The first kappa shape index (κ1) is 14.5. The summed E-state index contributed by atoms with van der Waals surface area (Å²) in [7, 11) is 0. The zero-order valence-electron chi connectivity index (χ0n) is 12.2. The van der Waals surface area contributed by atoms with E-state index in [1.165, 1.54) is 9.78 Å². The third-order valence-electron chi connectivity index (χ3n) is 4.48. The van der Waals surface area contributed by atoms with Gasteiger partial charge in [0.1, 0.15) is 12.2 Å². The molecular formula is C15H19NO4S. The predicted molar refractivity (Wildman–Crippen MR) is 79.1 cm³/mol. The van der Waals surface area contributed by atoms with Gasteiger partial charge < -0.3 is 14.7 Å². The molecule has 0 bridgehead atoms. The van der Waals surface area contributed by atoms with Crippen molar-refractivity contribution in [1.29, 1.82) is 0 Å². The Kier molecular flexibility index (Phi) is 3.53. The van der Waals surface area contributed by atoms with Crippen molar-refractivity contribution in [3.8, 4) is 0 Å². The molecule has 1 aromatic heterocycles. The van der Waals surface area contributed by atoms with Gasteiger partial charge in [0.2, 0.25) is 0 Å². The lowest BCUT2D eigenvalue weighted by Gasteiger charge is -2.45. The van der Waals surface area contributed by atoms with Crippen LogP contribution in [0.4, 0.5) is 4.79 Å². The van der Waals surface area contributed by atoms with Gasteiger partial charge >= 0.3 is 6.09 Å². The Hall–Kier alpha value is -1.40. The van der Waals surface area contributed by atoms with Gasteiger partial charge in [0, 0.05) is 34.3 Å². The third kappa shape index (κ3) is 2.26. The summed E-state index contributed by atoms with van der Waals surface area (Å²) in [5.41, 5.74) is 0.311. The van der Waals surface area contributed by atoms with Gasteiger partial charge in [-0.15, -0.1) is 11.3 Å². The van der Waals surface area contributed by atoms with Crippen LogP contribution in [0.3, 0.4) is 0 Å². The molecule has 1 saturated heterocycles. The summed E-state index contributed by atoms with van der Waals surface area (Å²) in [6, 6.07) is 1.88. The highest BCUT2D eigenvalue weighted by atomic mass is 32.1. The first-order chi connectivity index (χ1) is 9.97. The molecule has 0 saturated carbocycles. The number of hydrogen-bond acceptors (Lipinski definition) is 4. The summed E-state index contributed by atoms with van der Waals surface area (Å²) in [6.07, 6.45) is 1.25. The summed E-state index contributed by atoms with van der Waals surface area (Å²) in [4.78, 5) is 26.9. The monoisotopic (exact) mass is 309 g/mol. The number of aryl methyl sites for hydroxylation is 1. The van der Waals surface area contributed by atoms with Gasteiger partial charge in [-0.1, -0.05) is 6.92 Å². The number of thiophene rings is 1. The van der Waals surface area contributed by atoms with Crippen LogP contribution in [0.2, 0.25) is 0 Å². The van der Waals surface area contributed by atoms with Crippen LogP contribution in [-0.4, -0.2) is 41.1 Å². The van der Waals surface area contributed by atoms with E-state index in [2.05, 4.69) is 6.92 Å². The minimum absolute atomic E-state index is 0.0416. The molecule has 6 heteroatoms. The smallest absolute Gasteiger partial charge is 0.407 e. The van der Waals surface area contributed by atoms with E-state index in [0.29, 0.717) is 19.4 Å². The Bertz CT molecular complexity index is 596. The molecule has 2 aliphatic rings. The molecule has 0 radical (unpaired) electrons. The number of likely N-dealkylation sites (tertiary alicyclic amines) is 1. The Morgan fingerprint density at radius 3 is 3.00 bits per heavy atom. The number of amides is 1. The van der Waals surface area contributed by atoms with Crippen LogP contribution in [0.1, 0.15) is 46.8 Å². The number of carboxylic acid groups (broad SMARTS) is 1. The minimum Gasteiger partial charge on any atom is -0.465 e. The maximum absolute atomic E-state index is 12.1. The van der Waals surface area contributed by atoms with E-state index in [0.717, 1.165) is 16.9 Å². The van der Waals surface area contributed by atoms with Crippen LogP contribution in [-0.2, 0) is 16.8 Å². The zero-order chi connectivity index (χ0) is 15.2. The predicted octanol–water partition coefficient (Wildman–Crippen LogP) is 2.88. The van der Waals surface area contributed by atoms with Gasteiger partial charge in [-0.3, -0.25) is 4.79 Å². The number of hydrogen-bond donors (Lipinski definition) is 1. The van der Waals surface area contributed by atoms with Crippen molar-refractivity contribution in [3.05, 3.63) is 21.4 Å². The minimum atomic E-state index is -0.884. The second-order valence-electron chi connectivity index (χ2n) is 5.79. The van der Waals surface area contributed by atoms with E-state index in [1.54, 1.807) is 11.3 Å². The van der Waals surface area contributed by atoms with Crippen LogP contribution in [0.5, 0.6) is 0 Å². The molecule has 5 nitrogen and oxygen atoms in total. The summed E-state index contributed by atoms with van der Waals surface area (Å²) in [5, 5.41) is 9.21. The van der Waals surface area contributed by atoms with Crippen molar-refractivity contribution in [1.82, 2.24) is 4.90 Å². The topological polar surface area (TPSA) is 66.8 Å². The molecule has 0 aromatic carbocycles. The van der Waals surface area contributed by atoms with E-state index < -0.39 is 11.7 Å². The van der Waals surface area contributed by atoms with Gasteiger partial charge in [0.15, 0.2) is 5.78 Å². The maximum atomic E-state index is 12.1. The number of carbonyl (C=O) groups excluding carboxylic acids is 1. The molecule has 2 aliphatic heterocycles. The van der Waals surface area contributed by atoms with Gasteiger partial charge in [-0.05, 0) is 25.8 Å². The average molecular weight is 309 g/mol. The SMILES string of the molecule is CCc1cc2c(s1)[C@]1(CCN(C(=O)O)[C@@H](C)C1)OCC2=O. The number of ketones is 1. The Morgan fingerprint density at radius 1 is 1.62 bits per heavy atom. The van der Waals surface area contributed by atoms with Crippen LogP contribution >= 0.6 is 11.3 Å². The van der Waals surface area contributed by atoms with Gasteiger partial charge in [-0.25, -0.2) is 4.79 Å². The van der Waals surface area contributed by atoms with E-state index >= 15 is 0 Å². The molecule has 2 atom stereocenters. The number of Topliss-reactive ketones (excluding diaryl/α,β-unsaturated/α-hetero) is 1. The number of ether oxygens (including phenoxy) is 1. The Morgan fingerprint density at radius 2 is 2.38 bits per heavy atom. The molecule has 0 aliphatic carbocycles. The largest absolute Gasteiger partial charge is 0.465 e. The fourth-order valence-corrected chi connectivity index (χ4v) is 4.64. The Balaban J connectivity index is 1.97. The van der Waals surface area contributed by atoms with Gasteiger partial charge in [0.25, 0.3) is 0 Å². The maximum Gasteiger partial charge on any atom is 0.407 e. The van der Waals surface area contributed by atoms with Crippen LogP contribution in [0.15, 0.2) is 6.07 Å². The van der Waals surface area contributed by atoms with E-state index in [9.17, 15) is 14.7 Å². The van der Waals surface area contributed by atoms with Crippen molar-refractivity contribution in [2.75, 3.05) is 13.2 Å². The van der Waals surface area contributed by atoms with Crippen LogP contribution in [0.25, 0.3) is 0 Å². The molecule has 0 unspecified atom stereocenters. The van der Waals surface area contributed by atoms with Crippen molar-refractivity contribution < 1.29 is 19.4 Å². The van der Waals surface area contributed by atoms with Crippen LogP contribution < -0.4 is 0 Å². The van der Waals surface area contributed by atoms with Crippen molar-refractivity contribution in [2.24, 2.45) is 0 Å². The molecule has 1 fully saturated rings. The highest BCUT2D eigenvalue weighted by molar-refractivity contribution is 7.12. The summed E-state index contributed by atoms with van der Waals surface area (Å²) >= 11 is 1.64. The lowest BCUT2D eigenvalue weighted by atomic mass is 9.82. The number of nitrogens with zero attached hydrogens (tertiary/aromatic N) is 1. The van der Waals surface area contributed by atoms with Crippen LogP contribution in [0, 0.1) is 0 Å². The highest BCUT2D eigenvalue weighted by Gasteiger charge is 2.47. The Labute approximate surface area is 127 Å². The van der Waals surface area contributed by atoms with E-state index in [-0.39, 0.29) is 18.4 Å². The van der Waals surface area contributed by atoms with Crippen molar-refractivity contribution >= 4 is 23.2 Å². The first-order valence-corrected chi connectivity index (χ1v) is 8.08. The number of rotatable bonds is 1. The number of fused-ring (bicyclic) bond motifs is 2. The fraction of sp³-hybridized carbons (Fsp3) is 0.600. The quantitative estimate of drug-likeness (QED) is 0.866. The normalized spacial score (nSPS) is 28.8. The lowest BCUT2D eigenvalue weighted by Crippen LogP contribution is -2.52. The fourth-order valence-electron chi connectivity index (χ4n) is 3.34. The second-order valence-corrected chi connectivity index (χ2v) is 6.93. The highest BCUT2D eigenvalue weighted by Crippen LogP contribution is 2.46. The van der Waals surface area contributed by atoms with Gasteiger partial charge in [-0.2, -0.15) is 0 Å². The van der Waals surface area contributed by atoms with Gasteiger partial charge in [0.05, 0.1) is 0 Å².